The van der Waals surface area contributed by atoms with Crippen LogP contribution in [-0.2, 0) is 11.3 Å². The Labute approximate surface area is 181 Å². The summed E-state index contributed by atoms with van der Waals surface area (Å²) < 4.78 is 0. The summed E-state index contributed by atoms with van der Waals surface area (Å²) in [6, 6.07) is 20.1. The highest BCUT2D eigenvalue weighted by Crippen LogP contribution is 2.25. The van der Waals surface area contributed by atoms with Gasteiger partial charge >= 0.3 is 0 Å². The van der Waals surface area contributed by atoms with Crippen LogP contribution in [0.4, 0.5) is 5.69 Å². The van der Waals surface area contributed by atoms with Crippen molar-refractivity contribution in [1.29, 1.82) is 0 Å². The number of nitrogens with zero attached hydrogens (tertiary/aromatic N) is 2. The number of piperazine rings is 1. The standard InChI is InChI=1S/C23H23Cl2N3O/c24-21-9-8-19(14-22(21)25)26-23(29)16-28-12-10-27(11-13-28)15-18-6-3-5-17-4-1-2-7-20(17)18/h1-9,14H,10-13,15-16H2,(H,26,29). The monoisotopic (exact) mass is 427 g/mol. The van der Waals surface area contributed by atoms with Crippen LogP contribution in [0.1, 0.15) is 5.56 Å². The summed E-state index contributed by atoms with van der Waals surface area (Å²) in [6.45, 7) is 4.96. The van der Waals surface area contributed by atoms with Crippen molar-refractivity contribution < 1.29 is 4.79 Å². The van der Waals surface area contributed by atoms with Crippen molar-refractivity contribution in [3.8, 4) is 0 Å². The smallest absolute Gasteiger partial charge is 0.238 e. The van der Waals surface area contributed by atoms with E-state index in [2.05, 4.69) is 57.6 Å². The van der Waals surface area contributed by atoms with Crippen LogP contribution in [0.15, 0.2) is 60.7 Å². The number of halogens is 2. The number of hydrogen-bond donors (Lipinski definition) is 1. The van der Waals surface area contributed by atoms with Crippen LogP contribution in [0.5, 0.6) is 0 Å². The van der Waals surface area contributed by atoms with Crippen LogP contribution in [0.2, 0.25) is 10.0 Å². The van der Waals surface area contributed by atoms with Gasteiger partial charge in [-0.2, -0.15) is 0 Å². The molecular weight excluding hydrogens is 405 g/mol. The lowest BCUT2D eigenvalue weighted by atomic mass is 10.0. The molecule has 0 aromatic heterocycles. The summed E-state index contributed by atoms with van der Waals surface area (Å²) in [5.41, 5.74) is 2.02. The Morgan fingerprint density at radius 2 is 1.59 bits per heavy atom. The van der Waals surface area contributed by atoms with Gasteiger partial charge in [0, 0.05) is 38.4 Å². The molecule has 0 saturated carbocycles. The average molecular weight is 428 g/mol. The van der Waals surface area contributed by atoms with Crippen molar-refractivity contribution in [2.24, 2.45) is 0 Å². The Bertz CT molecular complexity index is 1010. The van der Waals surface area contributed by atoms with E-state index in [4.69, 9.17) is 23.2 Å². The number of anilines is 1. The molecule has 29 heavy (non-hydrogen) atoms. The summed E-state index contributed by atoms with van der Waals surface area (Å²) in [5.74, 6) is -0.0362. The first-order valence-electron chi connectivity index (χ1n) is 9.75. The van der Waals surface area contributed by atoms with E-state index in [9.17, 15) is 4.79 Å². The molecule has 0 atom stereocenters. The van der Waals surface area contributed by atoms with Crippen LogP contribution in [0, 0.1) is 0 Å². The van der Waals surface area contributed by atoms with E-state index in [1.807, 2.05) is 0 Å². The first kappa shape index (κ1) is 20.2. The fourth-order valence-corrected chi connectivity index (χ4v) is 4.05. The molecule has 1 fully saturated rings. The number of hydrogen-bond acceptors (Lipinski definition) is 3. The van der Waals surface area contributed by atoms with Gasteiger partial charge in [0.15, 0.2) is 0 Å². The molecule has 1 N–H and O–H groups in total. The SMILES string of the molecule is O=C(CN1CCN(Cc2cccc3ccccc23)CC1)Nc1ccc(Cl)c(Cl)c1. The molecule has 3 aromatic carbocycles. The topological polar surface area (TPSA) is 35.6 Å². The first-order valence-corrected chi connectivity index (χ1v) is 10.5. The Kier molecular flexibility index (Phi) is 6.36. The maximum absolute atomic E-state index is 12.4. The number of carbonyl (C=O) groups excluding carboxylic acids is 1. The molecule has 1 amide bonds. The molecule has 1 heterocycles. The van der Waals surface area contributed by atoms with Gasteiger partial charge in [0.1, 0.15) is 0 Å². The van der Waals surface area contributed by atoms with Gasteiger partial charge in [-0.3, -0.25) is 14.6 Å². The van der Waals surface area contributed by atoms with Crippen LogP contribution < -0.4 is 5.32 Å². The number of nitrogens with one attached hydrogen (secondary N) is 1. The normalized spacial score (nSPS) is 15.5. The summed E-state index contributed by atoms with van der Waals surface area (Å²) >= 11 is 11.9. The van der Waals surface area contributed by atoms with Crippen LogP contribution in [-0.4, -0.2) is 48.4 Å². The van der Waals surface area contributed by atoms with Crippen molar-refractivity contribution in [3.63, 3.8) is 0 Å². The Morgan fingerprint density at radius 1 is 0.862 bits per heavy atom. The van der Waals surface area contributed by atoms with E-state index in [0.717, 1.165) is 32.7 Å². The Hall–Kier alpha value is -2.11. The molecule has 0 aliphatic carbocycles. The molecule has 4 nitrogen and oxygen atoms in total. The third-order valence-corrected chi connectivity index (χ3v) is 6.05. The molecule has 0 bridgehead atoms. The van der Waals surface area contributed by atoms with Gasteiger partial charge in [-0.05, 0) is 34.5 Å². The van der Waals surface area contributed by atoms with Crippen molar-refractivity contribution in [1.82, 2.24) is 9.80 Å². The summed E-state index contributed by atoms with van der Waals surface area (Å²) in [6.07, 6.45) is 0. The quantitative estimate of drug-likeness (QED) is 0.628. The van der Waals surface area contributed by atoms with E-state index in [0.29, 0.717) is 22.3 Å². The lowest BCUT2D eigenvalue weighted by molar-refractivity contribution is -0.117. The zero-order valence-corrected chi connectivity index (χ0v) is 17.6. The minimum absolute atomic E-state index is 0.0362. The van der Waals surface area contributed by atoms with E-state index >= 15 is 0 Å². The maximum atomic E-state index is 12.4. The Balaban J connectivity index is 1.29. The number of fused-ring (bicyclic) bond motifs is 1. The fraction of sp³-hybridized carbons (Fsp3) is 0.261. The minimum atomic E-state index is -0.0362. The lowest BCUT2D eigenvalue weighted by Gasteiger charge is -2.34. The highest BCUT2D eigenvalue weighted by molar-refractivity contribution is 6.42. The van der Waals surface area contributed by atoms with Crippen LogP contribution >= 0.6 is 23.2 Å². The average Bonchev–Trinajstić information content (AvgIpc) is 2.72. The van der Waals surface area contributed by atoms with E-state index in [-0.39, 0.29) is 5.91 Å². The van der Waals surface area contributed by atoms with E-state index in [1.165, 1.54) is 16.3 Å². The second-order valence-corrected chi connectivity index (χ2v) is 8.18. The van der Waals surface area contributed by atoms with Gasteiger partial charge < -0.3 is 5.32 Å². The van der Waals surface area contributed by atoms with Gasteiger partial charge in [0.2, 0.25) is 5.91 Å². The molecule has 0 spiro atoms. The fourth-order valence-electron chi connectivity index (χ4n) is 3.75. The minimum Gasteiger partial charge on any atom is -0.325 e. The largest absolute Gasteiger partial charge is 0.325 e. The van der Waals surface area contributed by atoms with Crippen molar-refractivity contribution in [2.75, 3.05) is 38.0 Å². The summed E-state index contributed by atoms with van der Waals surface area (Å²) in [7, 11) is 0. The maximum Gasteiger partial charge on any atom is 0.238 e. The number of rotatable bonds is 5. The molecule has 150 valence electrons. The van der Waals surface area contributed by atoms with Crippen LogP contribution in [0.25, 0.3) is 10.8 Å². The van der Waals surface area contributed by atoms with E-state index in [1.54, 1.807) is 18.2 Å². The van der Waals surface area contributed by atoms with Crippen LogP contribution in [0.3, 0.4) is 0 Å². The highest BCUT2D eigenvalue weighted by atomic mass is 35.5. The van der Waals surface area contributed by atoms with Gasteiger partial charge in [0.25, 0.3) is 0 Å². The van der Waals surface area contributed by atoms with Crippen molar-refractivity contribution in [3.05, 3.63) is 76.3 Å². The molecule has 6 heteroatoms. The van der Waals surface area contributed by atoms with E-state index < -0.39 is 0 Å². The molecule has 1 saturated heterocycles. The molecule has 4 rings (SSSR count). The zero-order chi connectivity index (χ0) is 20.2. The van der Waals surface area contributed by atoms with Gasteiger partial charge in [-0.1, -0.05) is 65.7 Å². The molecule has 0 unspecified atom stereocenters. The van der Waals surface area contributed by atoms with Gasteiger partial charge in [0.05, 0.1) is 16.6 Å². The Morgan fingerprint density at radius 3 is 2.38 bits per heavy atom. The van der Waals surface area contributed by atoms with Gasteiger partial charge in [-0.15, -0.1) is 0 Å². The number of benzene rings is 3. The second kappa shape index (κ2) is 9.14. The van der Waals surface area contributed by atoms with Crippen molar-refractivity contribution in [2.45, 2.75) is 6.54 Å². The lowest BCUT2D eigenvalue weighted by Crippen LogP contribution is -2.48. The predicted molar refractivity (Wildman–Crippen MR) is 121 cm³/mol. The highest BCUT2D eigenvalue weighted by Gasteiger charge is 2.19. The summed E-state index contributed by atoms with van der Waals surface area (Å²) in [5, 5.41) is 6.40. The predicted octanol–water partition coefficient (Wildman–Crippen LogP) is 4.90. The molecule has 1 aliphatic heterocycles. The van der Waals surface area contributed by atoms with Crippen molar-refractivity contribution >= 4 is 45.6 Å². The molecule has 0 radical (unpaired) electrons. The summed E-state index contributed by atoms with van der Waals surface area (Å²) in [4.78, 5) is 17.0. The number of carbonyl (C=O) groups is 1. The first-order chi connectivity index (χ1) is 14.1. The molecule has 3 aromatic rings. The number of amides is 1. The molecule has 1 aliphatic rings. The third kappa shape index (κ3) is 5.09. The second-order valence-electron chi connectivity index (χ2n) is 7.37. The van der Waals surface area contributed by atoms with Gasteiger partial charge in [-0.25, -0.2) is 0 Å². The molecular formula is C23H23Cl2N3O. The third-order valence-electron chi connectivity index (χ3n) is 5.31. The zero-order valence-electron chi connectivity index (χ0n) is 16.1.